The van der Waals surface area contributed by atoms with Gasteiger partial charge >= 0.3 is 0 Å². The summed E-state index contributed by atoms with van der Waals surface area (Å²) in [4.78, 5) is 23.9. The number of thiocarbonyl (C=S) groups is 1. The second kappa shape index (κ2) is 10.6. The first-order valence-electron chi connectivity index (χ1n) is 8.97. The number of amides is 2. The van der Waals surface area contributed by atoms with E-state index in [1.807, 2.05) is 24.3 Å². The number of hydrazine groups is 1. The van der Waals surface area contributed by atoms with Crippen LogP contribution in [0.25, 0.3) is 16.8 Å². The Morgan fingerprint density at radius 2 is 1.94 bits per heavy atom. The van der Waals surface area contributed by atoms with E-state index in [1.165, 1.54) is 12.2 Å². The van der Waals surface area contributed by atoms with Gasteiger partial charge in [-0.15, -0.1) is 0 Å². The number of benzene rings is 2. The lowest BCUT2D eigenvalue weighted by Crippen LogP contribution is -2.49. The fourth-order valence-electron chi connectivity index (χ4n) is 2.55. The molecule has 10 heteroatoms. The van der Waals surface area contributed by atoms with Crippen molar-refractivity contribution in [2.24, 2.45) is 0 Å². The lowest BCUT2D eigenvalue weighted by atomic mass is 10.1. The van der Waals surface area contributed by atoms with Crippen molar-refractivity contribution in [2.75, 3.05) is 6.61 Å². The molecule has 31 heavy (non-hydrogen) atoms. The summed E-state index contributed by atoms with van der Waals surface area (Å²) in [5.41, 5.74) is 4.81. The summed E-state index contributed by atoms with van der Waals surface area (Å²) in [7, 11) is 0. The molecule has 1 heterocycles. The molecule has 0 saturated carbocycles. The van der Waals surface area contributed by atoms with Crippen LogP contribution in [-0.2, 0) is 9.59 Å². The number of carbonyl (C=O) groups is 2. The minimum atomic E-state index is -0.471. The maximum Gasteiger partial charge on any atom is 0.276 e. The molecule has 0 aliphatic carbocycles. The largest absolute Gasteiger partial charge is 0.483 e. The van der Waals surface area contributed by atoms with E-state index in [9.17, 15) is 9.59 Å². The van der Waals surface area contributed by atoms with Gasteiger partial charge in [-0.1, -0.05) is 28.1 Å². The quantitative estimate of drug-likeness (QED) is 0.241. The first kappa shape index (κ1) is 23.0. The zero-order chi connectivity index (χ0) is 22.4. The predicted molar refractivity (Wildman–Crippen MR) is 129 cm³/mol. The number of fused-ring (bicyclic) bond motifs is 1. The van der Waals surface area contributed by atoms with Gasteiger partial charge < -0.3 is 9.15 Å². The molecule has 0 atom stereocenters. The molecule has 0 fully saturated rings. The monoisotopic (exact) mass is 565 g/mol. The number of ether oxygens (including phenoxy) is 1. The molecule has 2 aromatic carbocycles. The van der Waals surface area contributed by atoms with E-state index in [2.05, 4.69) is 48.0 Å². The SMILES string of the molecule is Cc1ccc(C=CC(=O)NC(=S)NNC(=O)COc2ccc3cc(Br)ccc3c2Br)o1. The first-order valence-corrected chi connectivity index (χ1v) is 11.0. The highest BCUT2D eigenvalue weighted by Crippen LogP contribution is 2.34. The Morgan fingerprint density at radius 1 is 1.13 bits per heavy atom. The second-order valence-corrected chi connectivity index (χ2v) is 8.42. The number of halogens is 2. The van der Waals surface area contributed by atoms with Crippen LogP contribution in [0.1, 0.15) is 11.5 Å². The molecule has 3 N–H and O–H groups in total. The van der Waals surface area contributed by atoms with Crippen LogP contribution in [0.3, 0.4) is 0 Å². The molecule has 3 aromatic rings. The van der Waals surface area contributed by atoms with Crippen molar-refractivity contribution in [2.45, 2.75) is 6.92 Å². The lowest BCUT2D eigenvalue weighted by Gasteiger charge is -2.12. The third-order valence-electron chi connectivity index (χ3n) is 3.95. The minimum Gasteiger partial charge on any atom is -0.483 e. The molecule has 0 saturated heterocycles. The summed E-state index contributed by atoms with van der Waals surface area (Å²) in [5.74, 6) is 0.874. The Morgan fingerprint density at radius 3 is 2.68 bits per heavy atom. The Bertz CT molecular complexity index is 1180. The molecule has 0 aliphatic rings. The summed E-state index contributed by atoms with van der Waals surface area (Å²) in [6, 6.07) is 13.1. The van der Waals surface area contributed by atoms with Crippen LogP contribution in [0.5, 0.6) is 5.75 Å². The summed E-state index contributed by atoms with van der Waals surface area (Å²) in [6.45, 7) is 1.56. The average Bonchev–Trinajstić information content (AvgIpc) is 3.15. The van der Waals surface area contributed by atoms with E-state index in [0.29, 0.717) is 11.5 Å². The first-order chi connectivity index (χ1) is 14.8. The van der Waals surface area contributed by atoms with E-state index in [1.54, 1.807) is 25.1 Å². The molecule has 3 rings (SSSR count). The molecular weight excluding hydrogens is 550 g/mol. The molecule has 160 valence electrons. The highest BCUT2D eigenvalue weighted by molar-refractivity contribution is 9.11. The van der Waals surface area contributed by atoms with Gasteiger partial charge in [0.2, 0.25) is 5.91 Å². The van der Waals surface area contributed by atoms with Crippen molar-refractivity contribution < 1.29 is 18.7 Å². The van der Waals surface area contributed by atoms with Crippen LogP contribution in [-0.4, -0.2) is 23.5 Å². The van der Waals surface area contributed by atoms with Crippen molar-refractivity contribution in [3.63, 3.8) is 0 Å². The van der Waals surface area contributed by atoms with E-state index in [-0.39, 0.29) is 11.7 Å². The average molecular weight is 567 g/mol. The van der Waals surface area contributed by atoms with Crippen LogP contribution in [0, 0.1) is 6.92 Å². The van der Waals surface area contributed by atoms with Crippen LogP contribution >= 0.6 is 44.1 Å². The fourth-order valence-corrected chi connectivity index (χ4v) is 3.68. The van der Waals surface area contributed by atoms with Crippen molar-refractivity contribution in [3.8, 4) is 5.75 Å². The highest BCUT2D eigenvalue weighted by atomic mass is 79.9. The normalized spacial score (nSPS) is 10.8. The molecule has 2 amide bonds. The van der Waals surface area contributed by atoms with Crippen molar-refractivity contribution in [1.29, 1.82) is 0 Å². The maximum absolute atomic E-state index is 12.0. The summed E-state index contributed by atoms with van der Waals surface area (Å²) in [6.07, 6.45) is 2.78. The van der Waals surface area contributed by atoms with E-state index < -0.39 is 11.8 Å². The molecule has 1 aromatic heterocycles. The van der Waals surface area contributed by atoms with Gasteiger partial charge in [0.25, 0.3) is 5.91 Å². The summed E-state index contributed by atoms with van der Waals surface area (Å²) < 4.78 is 12.6. The zero-order valence-electron chi connectivity index (χ0n) is 16.2. The zero-order valence-corrected chi connectivity index (χ0v) is 20.2. The van der Waals surface area contributed by atoms with E-state index in [0.717, 1.165) is 25.5 Å². The van der Waals surface area contributed by atoms with Gasteiger partial charge in [0.15, 0.2) is 11.7 Å². The van der Waals surface area contributed by atoms with Gasteiger partial charge in [-0.05, 0) is 82.3 Å². The van der Waals surface area contributed by atoms with Crippen LogP contribution in [0.2, 0.25) is 0 Å². The molecule has 0 bridgehead atoms. The Kier molecular flexibility index (Phi) is 7.83. The Balaban J connectivity index is 1.44. The van der Waals surface area contributed by atoms with Crippen molar-refractivity contribution in [1.82, 2.24) is 16.2 Å². The van der Waals surface area contributed by atoms with Crippen LogP contribution < -0.4 is 20.9 Å². The number of nitrogens with one attached hydrogen (secondary N) is 3. The number of rotatable bonds is 5. The molecule has 0 unspecified atom stereocenters. The third-order valence-corrected chi connectivity index (χ3v) is 5.47. The van der Waals surface area contributed by atoms with Crippen molar-refractivity contribution in [3.05, 3.63) is 69.0 Å². The molecule has 0 aliphatic heterocycles. The molecular formula is C21H17Br2N3O4S. The van der Waals surface area contributed by atoms with Crippen LogP contribution in [0.4, 0.5) is 0 Å². The van der Waals surface area contributed by atoms with Gasteiger partial charge in [0.1, 0.15) is 17.3 Å². The third kappa shape index (κ3) is 6.65. The van der Waals surface area contributed by atoms with Crippen LogP contribution in [0.15, 0.2) is 61.9 Å². The lowest BCUT2D eigenvalue weighted by molar-refractivity contribution is -0.123. The van der Waals surface area contributed by atoms with Gasteiger partial charge in [-0.3, -0.25) is 25.8 Å². The standard InChI is InChI=1S/C21H17Br2N3O4S/c1-12-2-5-15(30-12)6-9-18(27)24-21(31)26-25-19(28)11-29-17-8-3-13-10-14(22)4-7-16(13)20(17)23/h2-10H,11H2,1H3,(H,25,28)(H2,24,26,27,31). The maximum atomic E-state index is 12.0. The Labute approximate surface area is 200 Å². The van der Waals surface area contributed by atoms with Gasteiger partial charge in [0, 0.05) is 10.5 Å². The van der Waals surface area contributed by atoms with Gasteiger partial charge in [-0.25, -0.2) is 0 Å². The predicted octanol–water partition coefficient (Wildman–Crippen LogP) is 4.38. The fraction of sp³-hybridized carbons (Fsp3) is 0.0952. The van der Waals surface area contributed by atoms with Gasteiger partial charge in [-0.2, -0.15) is 0 Å². The minimum absolute atomic E-state index is 0.0592. The number of aryl methyl sites for hydroxylation is 1. The summed E-state index contributed by atoms with van der Waals surface area (Å²) >= 11 is 11.9. The number of furan rings is 1. The number of hydrogen-bond acceptors (Lipinski definition) is 5. The van der Waals surface area contributed by atoms with E-state index in [4.69, 9.17) is 21.4 Å². The molecule has 0 spiro atoms. The number of carbonyl (C=O) groups excluding carboxylic acids is 2. The molecule has 7 nitrogen and oxygen atoms in total. The van der Waals surface area contributed by atoms with E-state index >= 15 is 0 Å². The molecule has 0 radical (unpaired) electrons. The topological polar surface area (TPSA) is 92.6 Å². The Hall–Kier alpha value is -2.69. The second-order valence-electron chi connectivity index (χ2n) is 6.31. The summed E-state index contributed by atoms with van der Waals surface area (Å²) in [5, 5.41) is 4.33. The van der Waals surface area contributed by atoms with Crippen molar-refractivity contribution >= 4 is 77.9 Å². The van der Waals surface area contributed by atoms with Gasteiger partial charge in [0.05, 0.1) is 4.47 Å². The highest BCUT2D eigenvalue weighted by Gasteiger charge is 2.10. The number of hydrogen-bond donors (Lipinski definition) is 3. The smallest absolute Gasteiger partial charge is 0.276 e.